The fourth-order valence-corrected chi connectivity index (χ4v) is 2.26. The number of nitrogens with zero attached hydrogens (tertiary/aromatic N) is 2. The summed E-state index contributed by atoms with van der Waals surface area (Å²) in [5.74, 6) is -0.0442. The summed E-state index contributed by atoms with van der Waals surface area (Å²) >= 11 is 0. The van der Waals surface area contributed by atoms with Crippen LogP contribution >= 0.6 is 0 Å². The van der Waals surface area contributed by atoms with E-state index in [9.17, 15) is 14.4 Å². The molecule has 0 fully saturated rings. The zero-order chi connectivity index (χ0) is 17.3. The number of rotatable bonds is 9. The number of hydrogen-bond acceptors (Lipinski definition) is 3. The Hall–Kier alpha value is -1.85. The van der Waals surface area contributed by atoms with E-state index in [1.165, 1.54) is 0 Å². The second-order valence-corrected chi connectivity index (χ2v) is 5.57. The van der Waals surface area contributed by atoms with Gasteiger partial charge in [0, 0.05) is 25.7 Å². The van der Waals surface area contributed by atoms with Crippen LogP contribution in [0.25, 0.3) is 0 Å². The van der Waals surface area contributed by atoms with E-state index < -0.39 is 0 Å². The maximum absolute atomic E-state index is 12.3. The summed E-state index contributed by atoms with van der Waals surface area (Å²) in [4.78, 5) is 38.0. The van der Waals surface area contributed by atoms with Gasteiger partial charge in [-0.1, -0.05) is 19.9 Å². The molecule has 1 atom stereocenters. The molecule has 0 saturated carbocycles. The molecule has 0 aliphatic rings. The molecule has 0 aromatic rings. The maximum Gasteiger partial charge on any atom is 0.249 e. The van der Waals surface area contributed by atoms with E-state index in [0.29, 0.717) is 25.1 Å². The van der Waals surface area contributed by atoms with Gasteiger partial charge in [-0.2, -0.15) is 0 Å². The first-order valence-corrected chi connectivity index (χ1v) is 7.70. The third kappa shape index (κ3) is 5.87. The lowest BCUT2D eigenvalue weighted by molar-refractivity contribution is -0.132. The Morgan fingerprint density at radius 1 is 1.18 bits per heavy atom. The Morgan fingerprint density at radius 2 is 1.73 bits per heavy atom. The average Bonchev–Trinajstić information content (AvgIpc) is 2.49. The number of amides is 3. The summed E-state index contributed by atoms with van der Waals surface area (Å²) < 4.78 is 0. The molecule has 22 heavy (non-hydrogen) atoms. The van der Waals surface area contributed by atoms with Crippen LogP contribution in [0, 0.1) is 5.92 Å². The van der Waals surface area contributed by atoms with Crippen LogP contribution in [0.1, 0.15) is 34.6 Å². The topological polar surface area (TPSA) is 69.7 Å². The average molecular weight is 311 g/mol. The van der Waals surface area contributed by atoms with E-state index in [1.807, 2.05) is 33.8 Å². The molecule has 6 heteroatoms. The lowest BCUT2D eigenvalue weighted by Crippen LogP contribution is -2.44. The van der Waals surface area contributed by atoms with Crippen molar-refractivity contribution in [1.29, 1.82) is 0 Å². The van der Waals surface area contributed by atoms with Crippen LogP contribution in [-0.2, 0) is 14.4 Å². The molecule has 0 aliphatic carbocycles. The molecular formula is C16H29N3O3. The first-order valence-electron chi connectivity index (χ1n) is 7.70. The predicted octanol–water partition coefficient (Wildman–Crippen LogP) is 1.03. The largest absolute Gasteiger partial charge is 0.350 e. The van der Waals surface area contributed by atoms with E-state index in [0.717, 1.165) is 0 Å². The Bertz CT molecular complexity index is 415. The first kappa shape index (κ1) is 20.1. The van der Waals surface area contributed by atoms with Crippen molar-refractivity contribution >= 4 is 18.2 Å². The fraction of sp³-hybridized carbons (Fsp3) is 0.688. The normalized spacial score (nSPS) is 12.8. The third-order valence-electron chi connectivity index (χ3n) is 3.67. The maximum atomic E-state index is 12.3. The summed E-state index contributed by atoms with van der Waals surface area (Å²) in [7, 11) is 1.69. The molecule has 0 radical (unpaired) electrons. The van der Waals surface area contributed by atoms with Crippen molar-refractivity contribution in [3.8, 4) is 0 Å². The summed E-state index contributed by atoms with van der Waals surface area (Å²) in [6.07, 6.45) is 2.34. The Balaban J connectivity index is 5.17. The van der Waals surface area contributed by atoms with Crippen LogP contribution < -0.4 is 5.32 Å². The highest BCUT2D eigenvalue weighted by Crippen LogP contribution is 2.14. The molecule has 126 valence electrons. The molecule has 0 unspecified atom stereocenters. The lowest BCUT2D eigenvalue weighted by Gasteiger charge is -2.30. The van der Waals surface area contributed by atoms with Gasteiger partial charge in [-0.3, -0.25) is 14.4 Å². The van der Waals surface area contributed by atoms with Gasteiger partial charge in [0.05, 0.1) is 12.6 Å². The van der Waals surface area contributed by atoms with Crippen molar-refractivity contribution in [3.63, 3.8) is 0 Å². The number of carbonyl (C=O) groups excluding carboxylic acids is 3. The van der Waals surface area contributed by atoms with Crippen molar-refractivity contribution < 1.29 is 14.4 Å². The smallest absolute Gasteiger partial charge is 0.249 e. The van der Waals surface area contributed by atoms with Gasteiger partial charge in [-0.25, -0.2) is 0 Å². The molecule has 0 saturated heterocycles. The standard InChI is InChI=1S/C16H29N3O3/c1-7-19(8-2)16(22)13(5)9-14(12(3)4)18(6)15(21)10-17-11-20/h9,11-12,14H,7-8,10H2,1-6H3,(H,17,20)/b13-9+/t14-/m1/s1. The molecule has 1 N–H and O–H groups in total. The van der Waals surface area contributed by atoms with Crippen LogP contribution in [0.5, 0.6) is 0 Å². The second kappa shape index (κ2) is 9.97. The Morgan fingerprint density at radius 3 is 2.14 bits per heavy atom. The monoisotopic (exact) mass is 311 g/mol. The van der Waals surface area contributed by atoms with Gasteiger partial charge in [0.2, 0.25) is 18.2 Å². The molecule has 0 heterocycles. The van der Waals surface area contributed by atoms with Gasteiger partial charge in [0.15, 0.2) is 0 Å². The fourth-order valence-electron chi connectivity index (χ4n) is 2.26. The zero-order valence-corrected chi connectivity index (χ0v) is 14.5. The van der Waals surface area contributed by atoms with Crippen LogP contribution in [0.15, 0.2) is 11.6 Å². The van der Waals surface area contributed by atoms with Crippen LogP contribution in [0.3, 0.4) is 0 Å². The molecule has 0 aliphatic heterocycles. The molecule has 0 aromatic heterocycles. The van der Waals surface area contributed by atoms with Gasteiger partial charge in [0.1, 0.15) is 0 Å². The molecular weight excluding hydrogens is 282 g/mol. The van der Waals surface area contributed by atoms with Crippen molar-refractivity contribution in [3.05, 3.63) is 11.6 Å². The number of hydrogen-bond donors (Lipinski definition) is 1. The molecule has 0 aromatic carbocycles. The van der Waals surface area contributed by atoms with Crippen molar-refractivity contribution in [2.45, 2.75) is 40.7 Å². The highest BCUT2D eigenvalue weighted by molar-refractivity contribution is 5.93. The minimum absolute atomic E-state index is 0.0116. The van der Waals surface area contributed by atoms with E-state index in [1.54, 1.807) is 23.8 Å². The SMILES string of the molecule is CCN(CC)C(=O)/C(C)=C/[C@H](C(C)C)N(C)C(=O)CNC=O. The summed E-state index contributed by atoms with van der Waals surface area (Å²) in [5, 5.41) is 2.37. The van der Waals surface area contributed by atoms with E-state index in [4.69, 9.17) is 0 Å². The van der Waals surface area contributed by atoms with Gasteiger partial charge in [0.25, 0.3) is 0 Å². The summed E-state index contributed by atoms with van der Waals surface area (Å²) in [6.45, 7) is 10.9. The molecule has 0 spiro atoms. The van der Waals surface area contributed by atoms with Gasteiger partial charge >= 0.3 is 0 Å². The van der Waals surface area contributed by atoms with Gasteiger partial charge in [-0.15, -0.1) is 0 Å². The highest BCUT2D eigenvalue weighted by Gasteiger charge is 2.22. The van der Waals surface area contributed by atoms with E-state index in [2.05, 4.69) is 5.32 Å². The Kier molecular flexibility index (Phi) is 9.13. The minimum Gasteiger partial charge on any atom is -0.350 e. The minimum atomic E-state index is -0.194. The number of nitrogens with one attached hydrogen (secondary N) is 1. The van der Waals surface area contributed by atoms with Crippen LogP contribution in [-0.4, -0.2) is 60.7 Å². The molecule has 0 rings (SSSR count). The third-order valence-corrected chi connectivity index (χ3v) is 3.67. The zero-order valence-electron chi connectivity index (χ0n) is 14.5. The number of carbonyl (C=O) groups is 3. The quantitative estimate of drug-likeness (QED) is 0.511. The van der Waals surface area contributed by atoms with Crippen molar-refractivity contribution in [2.75, 3.05) is 26.7 Å². The molecule has 0 bridgehead atoms. The first-order chi connectivity index (χ1) is 10.3. The summed E-state index contributed by atoms with van der Waals surface area (Å²) in [5.41, 5.74) is 0.630. The number of likely N-dealkylation sites (N-methyl/N-ethyl adjacent to an activating group) is 2. The summed E-state index contributed by atoms with van der Waals surface area (Å²) in [6, 6.07) is -0.194. The van der Waals surface area contributed by atoms with Crippen molar-refractivity contribution in [1.82, 2.24) is 15.1 Å². The van der Waals surface area contributed by atoms with Crippen molar-refractivity contribution in [2.24, 2.45) is 5.92 Å². The molecule has 3 amide bonds. The molecule has 6 nitrogen and oxygen atoms in total. The highest BCUT2D eigenvalue weighted by atomic mass is 16.2. The van der Waals surface area contributed by atoms with Gasteiger partial charge in [-0.05, 0) is 26.7 Å². The van der Waals surface area contributed by atoms with Crippen LogP contribution in [0.4, 0.5) is 0 Å². The lowest BCUT2D eigenvalue weighted by atomic mass is 9.99. The van der Waals surface area contributed by atoms with E-state index in [-0.39, 0.29) is 30.3 Å². The van der Waals surface area contributed by atoms with Crippen LogP contribution in [0.2, 0.25) is 0 Å². The second-order valence-electron chi connectivity index (χ2n) is 5.57. The van der Waals surface area contributed by atoms with E-state index >= 15 is 0 Å². The Labute approximate surface area is 133 Å². The van der Waals surface area contributed by atoms with Gasteiger partial charge < -0.3 is 15.1 Å². The predicted molar refractivity (Wildman–Crippen MR) is 87.1 cm³/mol.